The zero-order valence-electron chi connectivity index (χ0n) is 6.26. The summed E-state index contributed by atoms with van der Waals surface area (Å²) in [6.07, 6.45) is -2.85. The molecule has 2 atom stereocenters. The zero-order valence-corrected chi connectivity index (χ0v) is 6.26. The number of aliphatic hydroxyl groups is 1. The lowest BCUT2D eigenvalue weighted by atomic mass is 9.87. The van der Waals surface area contributed by atoms with Gasteiger partial charge in [0.15, 0.2) is 0 Å². The first-order chi connectivity index (χ1) is 5.90. The summed E-state index contributed by atoms with van der Waals surface area (Å²) in [4.78, 5) is 31.1. The minimum Gasteiger partial charge on any atom is -0.481 e. The minimum atomic E-state index is -2.30. The molecule has 0 saturated carbocycles. The second-order valence-electron chi connectivity index (χ2n) is 2.59. The van der Waals surface area contributed by atoms with Crippen LogP contribution >= 0.6 is 0 Å². The van der Waals surface area contributed by atoms with Crippen LogP contribution in [0.4, 0.5) is 0 Å². The van der Waals surface area contributed by atoms with Crippen LogP contribution < -0.4 is 0 Å². The fourth-order valence-electron chi connectivity index (χ4n) is 1.02. The normalized spacial score (nSPS) is 31.8. The molecule has 0 amide bonds. The van der Waals surface area contributed by atoms with Crippen molar-refractivity contribution in [2.45, 2.75) is 18.1 Å². The Morgan fingerprint density at radius 1 is 1.46 bits per heavy atom. The molecule has 1 aliphatic heterocycles. The molecule has 3 N–H and O–H groups in total. The van der Waals surface area contributed by atoms with Crippen molar-refractivity contribution in [3.63, 3.8) is 0 Å². The first-order valence-corrected chi connectivity index (χ1v) is 3.26. The number of carboxylic acids is 2. The Bertz CT molecular complexity index is 283. The number of aliphatic carboxylic acids is 2. The van der Waals surface area contributed by atoms with Crippen LogP contribution in [0.2, 0.25) is 0 Å². The summed E-state index contributed by atoms with van der Waals surface area (Å²) >= 11 is 0. The molecule has 0 aromatic carbocycles. The Morgan fingerprint density at radius 3 is 2.23 bits per heavy atom. The molecule has 1 saturated heterocycles. The van der Waals surface area contributed by atoms with E-state index in [4.69, 9.17) is 15.3 Å². The van der Waals surface area contributed by atoms with Crippen LogP contribution in [0.1, 0.15) is 6.42 Å². The quantitative estimate of drug-likeness (QED) is 0.449. The molecular weight excluding hydrogens is 184 g/mol. The molecule has 7 nitrogen and oxygen atoms in total. The van der Waals surface area contributed by atoms with Crippen molar-refractivity contribution >= 4 is 17.9 Å². The van der Waals surface area contributed by atoms with Crippen molar-refractivity contribution in [2.24, 2.45) is 0 Å². The second-order valence-corrected chi connectivity index (χ2v) is 2.59. The number of aliphatic hydroxyl groups excluding tert-OH is 1. The van der Waals surface area contributed by atoms with Crippen molar-refractivity contribution in [1.82, 2.24) is 0 Å². The molecule has 7 heteroatoms. The van der Waals surface area contributed by atoms with Gasteiger partial charge in [-0.1, -0.05) is 0 Å². The molecule has 0 radical (unpaired) electrons. The summed E-state index contributed by atoms with van der Waals surface area (Å²) in [5, 5.41) is 25.7. The van der Waals surface area contributed by atoms with Crippen molar-refractivity contribution in [3.05, 3.63) is 0 Å². The summed E-state index contributed by atoms with van der Waals surface area (Å²) in [6, 6.07) is 0. The summed E-state index contributed by atoms with van der Waals surface area (Å²) in [6.45, 7) is 0. The Hall–Kier alpha value is -1.63. The van der Waals surface area contributed by atoms with Gasteiger partial charge >= 0.3 is 17.9 Å². The summed E-state index contributed by atoms with van der Waals surface area (Å²) in [5.74, 6) is -4.25. The number of carbonyl (C=O) groups excluding carboxylic acids is 1. The fraction of sp³-hybridized carbons (Fsp3) is 0.500. The van der Waals surface area contributed by atoms with Gasteiger partial charge in [0, 0.05) is 0 Å². The zero-order chi connectivity index (χ0) is 10.2. The van der Waals surface area contributed by atoms with Crippen LogP contribution in [-0.2, 0) is 19.1 Å². The topological polar surface area (TPSA) is 121 Å². The third-order valence-electron chi connectivity index (χ3n) is 1.72. The highest BCUT2D eigenvalue weighted by Gasteiger charge is 2.63. The van der Waals surface area contributed by atoms with Gasteiger partial charge in [0.05, 0.1) is 6.42 Å². The van der Waals surface area contributed by atoms with Crippen LogP contribution in [-0.4, -0.2) is 44.9 Å². The third-order valence-corrected chi connectivity index (χ3v) is 1.72. The second kappa shape index (κ2) is 2.70. The molecule has 0 aromatic heterocycles. The fourth-order valence-corrected chi connectivity index (χ4v) is 1.02. The molecule has 1 fully saturated rings. The van der Waals surface area contributed by atoms with Crippen molar-refractivity contribution in [1.29, 1.82) is 0 Å². The Kier molecular flexibility index (Phi) is 1.96. The molecule has 72 valence electrons. The first kappa shape index (κ1) is 9.46. The Morgan fingerprint density at radius 2 is 2.00 bits per heavy atom. The molecule has 0 aliphatic carbocycles. The highest BCUT2D eigenvalue weighted by Crippen LogP contribution is 2.32. The number of carbonyl (C=O) groups is 3. The van der Waals surface area contributed by atoms with Crippen LogP contribution in [0.15, 0.2) is 0 Å². The van der Waals surface area contributed by atoms with Crippen LogP contribution in [0.25, 0.3) is 0 Å². The van der Waals surface area contributed by atoms with E-state index in [0.29, 0.717) is 0 Å². The number of esters is 1. The van der Waals surface area contributed by atoms with Crippen molar-refractivity contribution < 1.29 is 34.4 Å². The van der Waals surface area contributed by atoms with Gasteiger partial charge in [-0.15, -0.1) is 0 Å². The maximum absolute atomic E-state index is 10.5. The molecule has 1 heterocycles. The van der Waals surface area contributed by atoms with Crippen molar-refractivity contribution in [3.8, 4) is 0 Å². The maximum Gasteiger partial charge on any atom is 0.352 e. The van der Waals surface area contributed by atoms with Gasteiger partial charge in [0.25, 0.3) is 5.60 Å². The average Bonchev–Trinajstić information content (AvgIpc) is 2.01. The monoisotopic (exact) mass is 190 g/mol. The van der Waals surface area contributed by atoms with E-state index in [1.807, 2.05) is 0 Å². The molecule has 1 rings (SSSR count). The van der Waals surface area contributed by atoms with Crippen LogP contribution in [0.3, 0.4) is 0 Å². The third kappa shape index (κ3) is 1.22. The molecule has 0 aromatic rings. The van der Waals surface area contributed by atoms with Gasteiger partial charge in [0.1, 0.15) is 0 Å². The number of rotatable bonds is 3. The number of hydrogen-bond donors (Lipinski definition) is 3. The molecule has 2 unspecified atom stereocenters. The molecule has 13 heavy (non-hydrogen) atoms. The highest BCUT2D eigenvalue weighted by atomic mass is 16.6. The molecule has 0 spiro atoms. The highest BCUT2D eigenvalue weighted by molar-refractivity contribution is 5.99. The van der Waals surface area contributed by atoms with Crippen molar-refractivity contribution in [2.75, 3.05) is 0 Å². The lowest BCUT2D eigenvalue weighted by Gasteiger charge is -2.39. The van der Waals surface area contributed by atoms with E-state index >= 15 is 0 Å². The summed E-state index contributed by atoms with van der Waals surface area (Å²) in [7, 11) is 0. The van der Waals surface area contributed by atoms with E-state index in [1.54, 1.807) is 0 Å². The predicted octanol–water partition coefficient (Wildman–Crippen LogP) is -1.80. The van der Waals surface area contributed by atoms with Gasteiger partial charge in [-0.3, -0.25) is 4.79 Å². The van der Waals surface area contributed by atoms with Gasteiger partial charge in [0.2, 0.25) is 6.10 Å². The van der Waals surface area contributed by atoms with E-state index < -0.39 is 36.0 Å². The van der Waals surface area contributed by atoms with E-state index in [1.165, 1.54) is 0 Å². The van der Waals surface area contributed by atoms with E-state index in [2.05, 4.69) is 4.74 Å². The molecule has 1 aliphatic rings. The van der Waals surface area contributed by atoms with Gasteiger partial charge in [-0.2, -0.15) is 0 Å². The lowest BCUT2D eigenvalue weighted by Crippen LogP contribution is -2.67. The Labute approximate surface area is 71.5 Å². The van der Waals surface area contributed by atoms with E-state index in [0.717, 1.165) is 0 Å². The largest absolute Gasteiger partial charge is 0.481 e. The Balaban J connectivity index is 2.85. The molecular formula is C6H6O7. The lowest BCUT2D eigenvalue weighted by molar-refractivity contribution is -0.237. The smallest absolute Gasteiger partial charge is 0.352 e. The number of hydrogen-bond acceptors (Lipinski definition) is 5. The minimum absolute atomic E-state index is 0.949. The summed E-state index contributed by atoms with van der Waals surface area (Å²) < 4.78 is 4.14. The van der Waals surface area contributed by atoms with Crippen LogP contribution in [0.5, 0.6) is 0 Å². The van der Waals surface area contributed by atoms with Crippen LogP contribution in [0, 0.1) is 0 Å². The summed E-state index contributed by atoms with van der Waals surface area (Å²) in [5.41, 5.74) is -2.30. The van der Waals surface area contributed by atoms with Gasteiger partial charge in [-0.25, -0.2) is 9.59 Å². The van der Waals surface area contributed by atoms with E-state index in [-0.39, 0.29) is 0 Å². The number of carboxylic acid groups (broad SMARTS) is 2. The van der Waals surface area contributed by atoms with E-state index in [9.17, 15) is 14.4 Å². The average molecular weight is 190 g/mol. The maximum atomic E-state index is 10.5. The standard InChI is InChI=1S/C6H6O7/c7-2(8)1-6(5(11)12)3(9)4(10)13-6/h3,9H,1H2,(H,7,8)(H,11,12). The SMILES string of the molecule is O=C(O)CC1(C(=O)O)OC(=O)C1O. The number of cyclic esters (lactones) is 1. The predicted molar refractivity (Wildman–Crippen MR) is 34.7 cm³/mol. The number of ether oxygens (including phenoxy) is 1. The van der Waals surface area contributed by atoms with Gasteiger partial charge in [-0.05, 0) is 0 Å². The first-order valence-electron chi connectivity index (χ1n) is 3.26. The van der Waals surface area contributed by atoms with Gasteiger partial charge < -0.3 is 20.1 Å². The molecule has 0 bridgehead atoms.